The third-order valence-electron chi connectivity index (χ3n) is 2.04. The van der Waals surface area contributed by atoms with Crippen LogP contribution in [-0.4, -0.2) is 17.5 Å². The van der Waals surface area contributed by atoms with E-state index in [1.54, 1.807) is 0 Å². The first-order valence-electron chi connectivity index (χ1n) is 4.33. The fourth-order valence-corrected chi connectivity index (χ4v) is 1.16. The minimum Gasteiger partial charge on any atom is -0.273 e. The highest BCUT2D eigenvalue weighted by atomic mass is 16.7. The molecule has 0 spiro atoms. The maximum atomic E-state index is 10.9. The Morgan fingerprint density at radius 1 is 1.31 bits per heavy atom. The van der Waals surface area contributed by atoms with Gasteiger partial charge in [-0.2, -0.15) is 0 Å². The summed E-state index contributed by atoms with van der Waals surface area (Å²) >= 11 is 0. The highest BCUT2D eigenvalue weighted by Gasteiger charge is 2.24. The zero-order chi connectivity index (χ0) is 9.10. The Morgan fingerprint density at radius 2 is 2.08 bits per heavy atom. The van der Waals surface area contributed by atoms with Crippen LogP contribution in [0, 0.1) is 0 Å². The third kappa shape index (κ3) is 1.87. The molecule has 2 rings (SSSR count). The number of hydroxylamine groups is 2. The Balaban J connectivity index is 1.83. The molecule has 1 aromatic rings. The molecule has 1 aliphatic rings. The molecule has 1 heterocycles. The van der Waals surface area contributed by atoms with Crippen LogP contribution >= 0.6 is 0 Å². The second kappa shape index (κ2) is 3.58. The Labute approximate surface area is 76.9 Å². The van der Waals surface area contributed by atoms with E-state index in [0.717, 1.165) is 12.1 Å². The van der Waals surface area contributed by atoms with Gasteiger partial charge in [-0.25, -0.2) is 5.06 Å². The molecule has 1 aliphatic heterocycles. The number of amides is 1. The van der Waals surface area contributed by atoms with Crippen molar-refractivity contribution in [2.45, 2.75) is 13.0 Å². The monoisotopic (exact) mass is 177 g/mol. The first-order chi connectivity index (χ1) is 6.36. The lowest BCUT2D eigenvalue weighted by Gasteiger charge is -2.28. The minimum atomic E-state index is 0.0796. The summed E-state index contributed by atoms with van der Waals surface area (Å²) in [7, 11) is 0. The Hall–Kier alpha value is -1.35. The Bertz CT molecular complexity index is 297. The molecule has 3 heteroatoms. The third-order valence-corrected chi connectivity index (χ3v) is 2.04. The molecule has 13 heavy (non-hydrogen) atoms. The molecule has 1 fully saturated rings. The average Bonchev–Trinajstić information content (AvgIpc) is 2.17. The summed E-state index contributed by atoms with van der Waals surface area (Å²) in [6.07, 6.45) is 0.620. The quantitative estimate of drug-likeness (QED) is 0.652. The Kier molecular flexibility index (Phi) is 2.27. The van der Waals surface area contributed by atoms with Crippen molar-refractivity contribution in [3.8, 4) is 0 Å². The van der Waals surface area contributed by atoms with E-state index < -0.39 is 0 Å². The van der Waals surface area contributed by atoms with Crippen LogP contribution in [0.1, 0.15) is 12.0 Å². The molecule has 0 aromatic heterocycles. The SMILES string of the molecule is O=C1CCN1OCc1ccccc1. The van der Waals surface area contributed by atoms with Gasteiger partial charge in [-0.15, -0.1) is 0 Å². The van der Waals surface area contributed by atoms with Crippen molar-refractivity contribution in [1.29, 1.82) is 0 Å². The zero-order valence-electron chi connectivity index (χ0n) is 7.27. The summed E-state index contributed by atoms with van der Waals surface area (Å²) in [5.41, 5.74) is 1.09. The summed E-state index contributed by atoms with van der Waals surface area (Å²) < 4.78 is 0. The highest BCUT2D eigenvalue weighted by Crippen LogP contribution is 2.11. The number of hydrogen-bond donors (Lipinski definition) is 0. The van der Waals surface area contributed by atoms with E-state index in [4.69, 9.17) is 4.84 Å². The van der Waals surface area contributed by atoms with Crippen LogP contribution in [0.5, 0.6) is 0 Å². The molecule has 0 N–H and O–H groups in total. The van der Waals surface area contributed by atoms with Gasteiger partial charge in [0, 0.05) is 6.42 Å². The predicted molar refractivity (Wildman–Crippen MR) is 47.6 cm³/mol. The maximum Gasteiger partial charge on any atom is 0.248 e. The second-order valence-electron chi connectivity index (χ2n) is 3.00. The summed E-state index contributed by atoms with van der Waals surface area (Å²) in [6.45, 7) is 1.21. The summed E-state index contributed by atoms with van der Waals surface area (Å²) in [5.74, 6) is 0.0796. The van der Waals surface area contributed by atoms with Crippen molar-refractivity contribution in [2.75, 3.05) is 6.54 Å². The molecular formula is C10H11NO2. The fraction of sp³-hybridized carbons (Fsp3) is 0.300. The number of hydrogen-bond acceptors (Lipinski definition) is 2. The van der Waals surface area contributed by atoms with Gasteiger partial charge in [0.15, 0.2) is 0 Å². The van der Waals surface area contributed by atoms with Crippen molar-refractivity contribution < 1.29 is 9.63 Å². The molecular weight excluding hydrogens is 166 g/mol. The molecule has 68 valence electrons. The van der Waals surface area contributed by atoms with Gasteiger partial charge in [-0.1, -0.05) is 30.3 Å². The van der Waals surface area contributed by atoms with E-state index in [1.807, 2.05) is 30.3 Å². The highest BCUT2D eigenvalue weighted by molar-refractivity contribution is 5.80. The van der Waals surface area contributed by atoms with Crippen molar-refractivity contribution in [1.82, 2.24) is 5.06 Å². The van der Waals surface area contributed by atoms with E-state index in [1.165, 1.54) is 5.06 Å². The average molecular weight is 177 g/mol. The summed E-state index contributed by atoms with van der Waals surface area (Å²) in [4.78, 5) is 16.1. The van der Waals surface area contributed by atoms with Gasteiger partial charge in [0.2, 0.25) is 5.91 Å². The molecule has 3 nitrogen and oxygen atoms in total. The van der Waals surface area contributed by atoms with Gasteiger partial charge < -0.3 is 0 Å². The van der Waals surface area contributed by atoms with E-state index in [9.17, 15) is 4.79 Å². The molecule has 1 saturated heterocycles. The van der Waals surface area contributed by atoms with Gasteiger partial charge in [0.05, 0.1) is 6.54 Å². The van der Waals surface area contributed by atoms with Crippen molar-refractivity contribution in [2.24, 2.45) is 0 Å². The molecule has 0 unspecified atom stereocenters. The number of β-lactam (4-membered cyclic amide) rings is 1. The van der Waals surface area contributed by atoms with E-state index in [-0.39, 0.29) is 5.91 Å². The first kappa shape index (κ1) is 8.26. The van der Waals surface area contributed by atoms with Crippen LogP contribution < -0.4 is 0 Å². The number of carbonyl (C=O) groups excluding carboxylic acids is 1. The molecule has 0 bridgehead atoms. The van der Waals surface area contributed by atoms with Gasteiger partial charge in [0.25, 0.3) is 0 Å². The molecule has 1 aromatic carbocycles. The first-order valence-corrected chi connectivity index (χ1v) is 4.33. The van der Waals surface area contributed by atoms with Gasteiger partial charge >= 0.3 is 0 Å². The number of carbonyl (C=O) groups is 1. The predicted octanol–water partition coefficient (Wildman–Crippen LogP) is 1.35. The standard InChI is InChI=1S/C10H11NO2/c12-10-6-7-11(10)13-8-9-4-2-1-3-5-9/h1-5H,6-8H2. The van der Waals surface area contributed by atoms with Gasteiger partial charge in [-0.3, -0.25) is 9.63 Å². The van der Waals surface area contributed by atoms with Crippen LogP contribution in [0.4, 0.5) is 0 Å². The van der Waals surface area contributed by atoms with E-state index >= 15 is 0 Å². The van der Waals surface area contributed by atoms with Gasteiger partial charge in [-0.05, 0) is 5.56 Å². The lowest BCUT2D eigenvalue weighted by molar-refractivity contribution is -0.212. The molecule has 1 amide bonds. The number of nitrogens with zero attached hydrogens (tertiary/aromatic N) is 1. The second-order valence-corrected chi connectivity index (χ2v) is 3.00. The van der Waals surface area contributed by atoms with Crippen molar-refractivity contribution in [3.63, 3.8) is 0 Å². The fourth-order valence-electron chi connectivity index (χ4n) is 1.16. The zero-order valence-corrected chi connectivity index (χ0v) is 7.27. The van der Waals surface area contributed by atoms with Crippen LogP contribution in [0.3, 0.4) is 0 Å². The smallest absolute Gasteiger partial charge is 0.248 e. The van der Waals surface area contributed by atoms with Crippen molar-refractivity contribution in [3.05, 3.63) is 35.9 Å². The molecule has 0 saturated carbocycles. The topological polar surface area (TPSA) is 29.5 Å². The van der Waals surface area contributed by atoms with E-state index in [0.29, 0.717) is 13.0 Å². The number of benzene rings is 1. The van der Waals surface area contributed by atoms with Gasteiger partial charge in [0.1, 0.15) is 6.61 Å². The summed E-state index contributed by atoms with van der Waals surface area (Å²) in [6, 6.07) is 9.82. The van der Waals surface area contributed by atoms with Crippen LogP contribution in [0.15, 0.2) is 30.3 Å². The largest absolute Gasteiger partial charge is 0.273 e. The lowest BCUT2D eigenvalue weighted by atomic mass is 10.2. The van der Waals surface area contributed by atoms with Crippen molar-refractivity contribution >= 4 is 5.91 Å². The van der Waals surface area contributed by atoms with Crippen LogP contribution in [-0.2, 0) is 16.2 Å². The van der Waals surface area contributed by atoms with Crippen LogP contribution in [0.2, 0.25) is 0 Å². The number of rotatable bonds is 3. The normalized spacial score (nSPS) is 15.7. The maximum absolute atomic E-state index is 10.9. The molecule has 0 atom stereocenters. The lowest BCUT2D eigenvalue weighted by Crippen LogP contribution is -2.42. The van der Waals surface area contributed by atoms with E-state index in [2.05, 4.69) is 0 Å². The molecule has 0 aliphatic carbocycles. The molecule has 0 radical (unpaired) electrons. The van der Waals surface area contributed by atoms with Crippen LogP contribution in [0.25, 0.3) is 0 Å². The minimum absolute atomic E-state index is 0.0796. The Morgan fingerprint density at radius 3 is 2.62 bits per heavy atom. The summed E-state index contributed by atoms with van der Waals surface area (Å²) in [5, 5.41) is 1.41.